The number of likely N-dealkylation sites (tertiary alicyclic amines) is 1. The van der Waals surface area contributed by atoms with Gasteiger partial charge < -0.3 is 14.8 Å². The van der Waals surface area contributed by atoms with E-state index in [2.05, 4.69) is 15.2 Å². The Morgan fingerprint density at radius 2 is 1.91 bits per heavy atom. The molecule has 3 heterocycles. The summed E-state index contributed by atoms with van der Waals surface area (Å²) in [5.41, 5.74) is 1.10. The van der Waals surface area contributed by atoms with E-state index < -0.39 is 0 Å². The number of benzene rings is 1. The van der Waals surface area contributed by atoms with Crippen LogP contribution in [0.25, 0.3) is 0 Å². The van der Waals surface area contributed by atoms with Crippen LogP contribution >= 0.6 is 11.6 Å². The van der Waals surface area contributed by atoms with E-state index in [1.54, 1.807) is 24.4 Å². The predicted octanol–water partition coefficient (Wildman–Crippen LogP) is 3.88. The van der Waals surface area contributed by atoms with E-state index in [-0.39, 0.29) is 23.9 Å². The number of aromatic nitrogens is 2. The third-order valence-corrected chi connectivity index (χ3v) is 7.15. The fraction of sp³-hybridized carbons (Fsp3) is 0.458. The number of para-hydroxylation sites is 1. The van der Waals surface area contributed by atoms with Crippen LogP contribution in [0.4, 0.5) is 5.69 Å². The van der Waals surface area contributed by atoms with E-state index in [1.807, 2.05) is 27.7 Å². The number of rotatable bonds is 5. The Kier molecular flexibility index (Phi) is 6.02. The summed E-state index contributed by atoms with van der Waals surface area (Å²) >= 11 is 6.21. The van der Waals surface area contributed by atoms with Gasteiger partial charge in [0.2, 0.25) is 5.91 Å². The molecule has 0 bridgehead atoms. The number of nitrogens with one attached hydrogen (secondary N) is 1. The van der Waals surface area contributed by atoms with E-state index in [1.165, 1.54) is 12.8 Å². The van der Waals surface area contributed by atoms with Gasteiger partial charge in [-0.1, -0.05) is 29.8 Å². The topological polar surface area (TPSA) is 70.5 Å². The van der Waals surface area contributed by atoms with E-state index in [4.69, 9.17) is 11.6 Å². The molecule has 1 aromatic carbocycles. The lowest BCUT2D eigenvalue weighted by molar-refractivity contribution is -0.130. The number of anilines is 1. The van der Waals surface area contributed by atoms with Crippen molar-refractivity contribution in [2.45, 2.75) is 50.7 Å². The normalized spacial score (nSPS) is 22.8. The zero-order valence-corrected chi connectivity index (χ0v) is 18.8. The maximum absolute atomic E-state index is 13.0. The molecule has 8 heteroatoms. The van der Waals surface area contributed by atoms with Gasteiger partial charge in [-0.2, -0.15) is 0 Å². The van der Waals surface area contributed by atoms with Gasteiger partial charge in [-0.15, -0.1) is 0 Å². The average Bonchev–Trinajstić information content (AvgIpc) is 3.54. The van der Waals surface area contributed by atoms with Gasteiger partial charge in [-0.05, 0) is 57.3 Å². The van der Waals surface area contributed by atoms with Crippen molar-refractivity contribution < 1.29 is 9.59 Å². The Labute approximate surface area is 193 Å². The molecule has 2 fully saturated rings. The van der Waals surface area contributed by atoms with Crippen LogP contribution in [0.15, 0.2) is 42.6 Å². The molecular formula is C24H28ClN5O2. The molecule has 5 rings (SSSR count). The van der Waals surface area contributed by atoms with Gasteiger partial charge in [0.15, 0.2) is 0 Å². The molecule has 1 saturated heterocycles. The maximum Gasteiger partial charge on any atom is 0.273 e. The van der Waals surface area contributed by atoms with Crippen LogP contribution < -0.4 is 5.32 Å². The van der Waals surface area contributed by atoms with Crippen molar-refractivity contribution in [2.24, 2.45) is 0 Å². The second kappa shape index (κ2) is 9.08. The molecule has 1 N–H and O–H groups in total. The first-order valence-corrected chi connectivity index (χ1v) is 11.8. The molecule has 2 unspecified atom stereocenters. The van der Waals surface area contributed by atoms with Crippen LogP contribution in [0.3, 0.4) is 0 Å². The van der Waals surface area contributed by atoms with Crippen molar-refractivity contribution in [1.82, 2.24) is 19.4 Å². The molecule has 3 aliphatic rings. The zero-order chi connectivity index (χ0) is 22.1. The van der Waals surface area contributed by atoms with Gasteiger partial charge in [-0.25, -0.2) is 4.98 Å². The second-order valence-corrected chi connectivity index (χ2v) is 9.21. The smallest absolute Gasteiger partial charge is 0.273 e. The quantitative estimate of drug-likeness (QED) is 0.697. The molecule has 1 aromatic heterocycles. The van der Waals surface area contributed by atoms with Crippen LogP contribution in [0, 0.1) is 0 Å². The van der Waals surface area contributed by atoms with Crippen molar-refractivity contribution >= 4 is 29.1 Å². The minimum atomic E-state index is -0.229. The monoisotopic (exact) mass is 453 g/mol. The summed E-state index contributed by atoms with van der Waals surface area (Å²) in [4.78, 5) is 34.9. The van der Waals surface area contributed by atoms with Crippen LogP contribution in [-0.2, 0) is 11.3 Å². The number of amides is 2. The lowest BCUT2D eigenvalue weighted by atomic mass is 10.1. The lowest BCUT2D eigenvalue weighted by Gasteiger charge is -2.38. The lowest BCUT2D eigenvalue weighted by Crippen LogP contribution is -2.47. The van der Waals surface area contributed by atoms with E-state index in [0.29, 0.717) is 22.9 Å². The Balaban J connectivity index is 1.33. The number of nitrogens with zero attached hydrogens (tertiary/aromatic N) is 4. The van der Waals surface area contributed by atoms with Crippen molar-refractivity contribution in [3.8, 4) is 0 Å². The first-order chi connectivity index (χ1) is 15.6. The van der Waals surface area contributed by atoms with Crippen molar-refractivity contribution in [3.63, 3.8) is 0 Å². The molecule has 0 spiro atoms. The molecule has 1 aliphatic carbocycles. The maximum atomic E-state index is 13.0. The Bertz CT molecular complexity index is 1040. The van der Waals surface area contributed by atoms with Crippen LogP contribution in [0.1, 0.15) is 54.5 Å². The standard InChI is InChI=1S/C24H28ClN5O2/c25-17-7-1-2-8-18(17)27-24(32)21-15-26-22-16-29(19-9-5-10-20(19)30(21)22)23(31)11-6-14-28-12-3-4-13-28/h1-2,6-8,11,15,19-20H,3-5,9-10,12-14,16H2,(H,27,32)/b11-6+. The van der Waals surface area contributed by atoms with Crippen LogP contribution in [0.5, 0.6) is 0 Å². The Hall–Kier alpha value is -2.64. The van der Waals surface area contributed by atoms with Gasteiger partial charge in [0.05, 0.1) is 35.5 Å². The SMILES string of the molecule is O=C(Nc1ccccc1Cl)c1cnc2n1C1CCCC1N(C(=O)/C=C/CN1CCCC1)C2. The molecule has 168 valence electrons. The molecule has 0 radical (unpaired) electrons. The number of hydrogen-bond acceptors (Lipinski definition) is 4. The molecule has 32 heavy (non-hydrogen) atoms. The molecule has 2 aliphatic heterocycles. The molecule has 2 amide bonds. The first-order valence-electron chi connectivity index (χ1n) is 11.4. The molecule has 1 saturated carbocycles. The largest absolute Gasteiger partial charge is 0.327 e. The summed E-state index contributed by atoms with van der Waals surface area (Å²) < 4.78 is 2.04. The number of halogens is 1. The van der Waals surface area contributed by atoms with Crippen LogP contribution in [0.2, 0.25) is 5.02 Å². The van der Waals surface area contributed by atoms with Gasteiger partial charge >= 0.3 is 0 Å². The number of carbonyl (C=O) groups excluding carboxylic acids is 2. The minimum Gasteiger partial charge on any atom is -0.327 e. The highest BCUT2D eigenvalue weighted by Crippen LogP contribution is 2.40. The second-order valence-electron chi connectivity index (χ2n) is 8.81. The highest BCUT2D eigenvalue weighted by Gasteiger charge is 2.42. The summed E-state index contributed by atoms with van der Waals surface area (Å²) in [6.07, 6.45) is 10.7. The summed E-state index contributed by atoms with van der Waals surface area (Å²) in [5.74, 6) is 0.573. The number of fused-ring (bicyclic) bond motifs is 3. The average molecular weight is 454 g/mol. The van der Waals surface area contributed by atoms with Crippen LogP contribution in [-0.4, -0.2) is 56.8 Å². The predicted molar refractivity (Wildman–Crippen MR) is 124 cm³/mol. The summed E-state index contributed by atoms with van der Waals surface area (Å²) in [7, 11) is 0. The first kappa shape index (κ1) is 21.2. The van der Waals surface area contributed by atoms with E-state index in [9.17, 15) is 9.59 Å². The molecule has 7 nitrogen and oxygen atoms in total. The summed E-state index contributed by atoms with van der Waals surface area (Å²) in [6, 6.07) is 7.35. The van der Waals surface area contributed by atoms with Crippen molar-refractivity contribution in [1.29, 1.82) is 0 Å². The van der Waals surface area contributed by atoms with E-state index in [0.717, 1.165) is 44.7 Å². The molecular weight excluding hydrogens is 426 g/mol. The van der Waals surface area contributed by atoms with Crippen molar-refractivity contribution in [3.05, 3.63) is 59.2 Å². The van der Waals surface area contributed by atoms with E-state index >= 15 is 0 Å². The zero-order valence-electron chi connectivity index (χ0n) is 18.0. The van der Waals surface area contributed by atoms with Gasteiger partial charge in [0.1, 0.15) is 11.5 Å². The van der Waals surface area contributed by atoms with Crippen molar-refractivity contribution in [2.75, 3.05) is 25.0 Å². The minimum absolute atomic E-state index is 0.0393. The third kappa shape index (κ3) is 4.07. The number of imidazole rings is 1. The fourth-order valence-corrected chi connectivity index (χ4v) is 5.45. The highest BCUT2D eigenvalue weighted by molar-refractivity contribution is 6.33. The van der Waals surface area contributed by atoms with Gasteiger partial charge in [-0.3, -0.25) is 14.5 Å². The number of carbonyl (C=O) groups is 2. The fourth-order valence-electron chi connectivity index (χ4n) is 5.26. The Morgan fingerprint density at radius 3 is 2.72 bits per heavy atom. The highest BCUT2D eigenvalue weighted by atomic mass is 35.5. The molecule has 2 aromatic rings. The van der Waals surface area contributed by atoms with Gasteiger partial charge in [0.25, 0.3) is 5.91 Å². The van der Waals surface area contributed by atoms with Gasteiger partial charge in [0, 0.05) is 12.6 Å². The molecule has 2 atom stereocenters. The number of hydrogen-bond donors (Lipinski definition) is 1. The third-order valence-electron chi connectivity index (χ3n) is 6.82. The Morgan fingerprint density at radius 1 is 1.12 bits per heavy atom. The summed E-state index contributed by atoms with van der Waals surface area (Å²) in [5, 5.41) is 3.40. The summed E-state index contributed by atoms with van der Waals surface area (Å²) in [6.45, 7) is 3.48.